The van der Waals surface area contributed by atoms with Crippen molar-refractivity contribution in [3.63, 3.8) is 0 Å². The maximum atomic E-state index is 8.85. The average Bonchev–Trinajstić information content (AvgIpc) is 2.60. The Hall–Kier alpha value is -0.653. The van der Waals surface area contributed by atoms with Gasteiger partial charge in [-0.2, -0.15) is 0 Å². The summed E-state index contributed by atoms with van der Waals surface area (Å²) in [4.78, 5) is 4.02. The summed E-state index contributed by atoms with van der Waals surface area (Å²) in [7, 11) is -1.22. The number of rotatable bonds is 5. The molecular weight excluding hydrogens is 208 g/mol. The van der Waals surface area contributed by atoms with Gasteiger partial charge in [0.2, 0.25) is 0 Å². The SMILES string of the molecule is CC(OCn1cnc(CO)c1)[Si](C)(C)C. The maximum absolute atomic E-state index is 8.85. The third-order valence-electron chi connectivity index (χ3n) is 2.54. The predicted molar refractivity (Wildman–Crippen MR) is 62.0 cm³/mol. The van der Waals surface area contributed by atoms with Gasteiger partial charge >= 0.3 is 0 Å². The van der Waals surface area contributed by atoms with E-state index in [1.165, 1.54) is 0 Å². The summed E-state index contributed by atoms with van der Waals surface area (Å²) in [5.74, 6) is 0. The second kappa shape index (κ2) is 4.91. The van der Waals surface area contributed by atoms with Crippen LogP contribution in [-0.4, -0.2) is 28.5 Å². The fraction of sp³-hybridized carbons (Fsp3) is 0.700. The zero-order valence-electron chi connectivity index (χ0n) is 9.90. The molecule has 0 aliphatic carbocycles. The summed E-state index contributed by atoms with van der Waals surface area (Å²) in [6.45, 7) is 9.46. The number of hydrogen-bond acceptors (Lipinski definition) is 3. The van der Waals surface area contributed by atoms with E-state index in [9.17, 15) is 0 Å². The first-order valence-electron chi connectivity index (χ1n) is 5.16. The van der Waals surface area contributed by atoms with Crippen LogP contribution in [0.2, 0.25) is 19.6 Å². The molecular formula is C10H20N2O2Si. The van der Waals surface area contributed by atoms with E-state index in [2.05, 4.69) is 31.5 Å². The van der Waals surface area contributed by atoms with Gasteiger partial charge in [0, 0.05) is 11.9 Å². The van der Waals surface area contributed by atoms with Gasteiger partial charge in [-0.1, -0.05) is 19.6 Å². The monoisotopic (exact) mass is 228 g/mol. The summed E-state index contributed by atoms with van der Waals surface area (Å²) < 4.78 is 7.60. The molecule has 5 heteroatoms. The third-order valence-corrected chi connectivity index (χ3v) is 5.15. The van der Waals surface area contributed by atoms with Crippen LogP contribution in [0.25, 0.3) is 0 Å². The summed E-state index contributed by atoms with van der Waals surface area (Å²) in [5, 5.41) is 8.85. The third kappa shape index (κ3) is 3.77. The molecule has 4 nitrogen and oxygen atoms in total. The molecule has 0 radical (unpaired) electrons. The molecule has 1 unspecified atom stereocenters. The molecule has 0 saturated heterocycles. The average molecular weight is 228 g/mol. The van der Waals surface area contributed by atoms with Crippen molar-refractivity contribution in [3.8, 4) is 0 Å². The van der Waals surface area contributed by atoms with Crippen LogP contribution < -0.4 is 0 Å². The van der Waals surface area contributed by atoms with Crippen LogP contribution in [0.5, 0.6) is 0 Å². The molecule has 1 rings (SSSR count). The fourth-order valence-electron chi connectivity index (χ4n) is 1.01. The Morgan fingerprint density at radius 1 is 1.53 bits per heavy atom. The van der Waals surface area contributed by atoms with Gasteiger partial charge in [0.25, 0.3) is 0 Å². The molecule has 86 valence electrons. The van der Waals surface area contributed by atoms with Gasteiger partial charge in [0.05, 0.1) is 26.7 Å². The number of nitrogens with zero attached hydrogens (tertiary/aromatic N) is 2. The number of imidazole rings is 1. The van der Waals surface area contributed by atoms with Crippen LogP contribution >= 0.6 is 0 Å². The quantitative estimate of drug-likeness (QED) is 0.779. The lowest BCUT2D eigenvalue weighted by molar-refractivity contribution is 0.0564. The lowest BCUT2D eigenvalue weighted by Gasteiger charge is -2.25. The van der Waals surface area contributed by atoms with Gasteiger partial charge in [-0.3, -0.25) is 0 Å². The molecule has 0 aliphatic heterocycles. The summed E-state index contributed by atoms with van der Waals surface area (Å²) in [5.41, 5.74) is 0.997. The van der Waals surface area contributed by atoms with Gasteiger partial charge in [-0.05, 0) is 6.92 Å². The van der Waals surface area contributed by atoms with E-state index in [-0.39, 0.29) is 6.61 Å². The highest BCUT2D eigenvalue weighted by atomic mass is 28.3. The molecule has 1 aromatic heterocycles. The van der Waals surface area contributed by atoms with Crippen LogP contribution in [0.1, 0.15) is 12.6 Å². The zero-order valence-corrected chi connectivity index (χ0v) is 10.9. The minimum absolute atomic E-state index is 0.0173. The first-order chi connectivity index (χ1) is 6.93. The Morgan fingerprint density at radius 3 is 2.67 bits per heavy atom. The fourth-order valence-corrected chi connectivity index (χ4v) is 1.58. The Balaban J connectivity index is 2.43. The van der Waals surface area contributed by atoms with Crippen molar-refractivity contribution < 1.29 is 9.84 Å². The minimum atomic E-state index is -1.22. The van der Waals surface area contributed by atoms with Gasteiger partial charge in [-0.25, -0.2) is 4.98 Å². The second-order valence-electron chi connectivity index (χ2n) is 4.84. The minimum Gasteiger partial charge on any atom is -0.390 e. The lowest BCUT2D eigenvalue weighted by Crippen LogP contribution is -2.38. The first-order valence-corrected chi connectivity index (χ1v) is 8.74. The van der Waals surface area contributed by atoms with Crippen molar-refractivity contribution in [2.24, 2.45) is 0 Å². The number of hydrogen-bond donors (Lipinski definition) is 1. The molecule has 0 aromatic carbocycles. The van der Waals surface area contributed by atoms with Crippen molar-refractivity contribution in [1.82, 2.24) is 9.55 Å². The standard InChI is InChI=1S/C10H20N2O2Si/c1-9(15(2,3)4)14-8-12-5-10(6-13)11-7-12/h5,7,9,13H,6,8H2,1-4H3. The predicted octanol–water partition coefficient (Wildman–Crippen LogP) is 1.62. The largest absolute Gasteiger partial charge is 0.390 e. The van der Waals surface area contributed by atoms with Crippen LogP contribution in [0.15, 0.2) is 12.5 Å². The first kappa shape index (κ1) is 12.4. The Bertz CT molecular complexity index is 307. The maximum Gasteiger partial charge on any atom is 0.123 e. The van der Waals surface area contributed by atoms with Crippen LogP contribution in [0.4, 0.5) is 0 Å². The summed E-state index contributed by atoms with van der Waals surface area (Å²) in [6, 6.07) is 0. The second-order valence-corrected chi connectivity index (χ2v) is 10.4. The summed E-state index contributed by atoms with van der Waals surface area (Å²) >= 11 is 0. The molecule has 1 aromatic rings. The molecule has 0 amide bonds. The Kier molecular flexibility index (Phi) is 4.07. The molecule has 1 atom stereocenters. The Morgan fingerprint density at radius 2 is 2.20 bits per heavy atom. The molecule has 0 bridgehead atoms. The van der Waals surface area contributed by atoms with Crippen molar-refractivity contribution in [1.29, 1.82) is 0 Å². The highest BCUT2D eigenvalue weighted by Crippen LogP contribution is 2.11. The van der Waals surface area contributed by atoms with Crippen LogP contribution in [0, 0.1) is 0 Å². The van der Waals surface area contributed by atoms with E-state index in [0.717, 1.165) is 0 Å². The molecule has 1 heterocycles. The van der Waals surface area contributed by atoms with Crippen molar-refractivity contribution in [2.75, 3.05) is 0 Å². The van der Waals surface area contributed by atoms with E-state index >= 15 is 0 Å². The van der Waals surface area contributed by atoms with E-state index < -0.39 is 8.07 Å². The normalized spacial score (nSPS) is 14.2. The molecule has 0 aliphatic rings. The van der Waals surface area contributed by atoms with E-state index in [1.54, 1.807) is 12.5 Å². The Labute approximate surface area is 91.9 Å². The van der Waals surface area contributed by atoms with Gasteiger partial charge in [0.15, 0.2) is 0 Å². The van der Waals surface area contributed by atoms with E-state index in [1.807, 2.05) is 4.57 Å². The van der Waals surface area contributed by atoms with Gasteiger partial charge < -0.3 is 14.4 Å². The topological polar surface area (TPSA) is 47.3 Å². The zero-order chi connectivity index (χ0) is 11.5. The number of aliphatic hydroxyl groups excluding tert-OH is 1. The molecule has 1 N–H and O–H groups in total. The van der Waals surface area contributed by atoms with E-state index in [4.69, 9.17) is 9.84 Å². The van der Waals surface area contributed by atoms with Crippen LogP contribution in [0.3, 0.4) is 0 Å². The molecule has 0 saturated carbocycles. The number of aliphatic hydroxyl groups is 1. The van der Waals surface area contributed by atoms with Crippen molar-refractivity contribution in [3.05, 3.63) is 18.2 Å². The molecule has 0 spiro atoms. The van der Waals surface area contributed by atoms with Gasteiger partial charge in [0.1, 0.15) is 6.73 Å². The molecule has 15 heavy (non-hydrogen) atoms. The summed E-state index contributed by atoms with van der Waals surface area (Å²) in [6.07, 6.45) is 3.49. The van der Waals surface area contributed by atoms with Crippen LogP contribution in [-0.2, 0) is 18.1 Å². The smallest absolute Gasteiger partial charge is 0.123 e. The lowest BCUT2D eigenvalue weighted by atomic mass is 10.5. The number of aromatic nitrogens is 2. The number of ether oxygens (including phenoxy) is 1. The van der Waals surface area contributed by atoms with E-state index in [0.29, 0.717) is 18.2 Å². The highest BCUT2D eigenvalue weighted by Gasteiger charge is 2.22. The molecule has 0 fully saturated rings. The van der Waals surface area contributed by atoms with Crippen molar-refractivity contribution in [2.45, 2.75) is 45.6 Å². The van der Waals surface area contributed by atoms with Crippen molar-refractivity contribution >= 4 is 8.07 Å². The highest BCUT2D eigenvalue weighted by molar-refractivity contribution is 6.77. The van der Waals surface area contributed by atoms with Gasteiger partial charge in [-0.15, -0.1) is 0 Å².